The van der Waals surface area contributed by atoms with E-state index < -0.39 is 12.0 Å². The zero-order valence-corrected chi connectivity index (χ0v) is 13.6. The monoisotopic (exact) mass is 375 g/mol. The van der Waals surface area contributed by atoms with Crippen LogP contribution in [0.4, 0.5) is 0 Å². The number of benzene rings is 1. The molecule has 0 radical (unpaired) electrons. The highest BCUT2D eigenvalue weighted by Gasteiger charge is 2.32. The molecule has 1 N–H and O–H groups in total. The number of carbonyl (C=O) groups excluding carboxylic acids is 1. The van der Waals surface area contributed by atoms with Crippen LogP contribution in [0.1, 0.15) is 19.3 Å². The van der Waals surface area contributed by atoms with Gasteiger partial charge in [-0.3, -0.25) is 4.79 Å². The Balaban J connectivity index is 1.98. The summed E-state index contributed by atoms with van der Waals surface area (Å²) in [5.41, 5.74) is 0. The van der Waals surface area contributed by atoms with Crippen molar-refractivity contribution in [2.24, 2.45) is 0 Å². The fraction of sp³-hybridized carbons (Fsp3) is 0.429. The quantitative estimate of drug-likeness (QED) is 0.877. The van der Waals surface area contributed by atoms with Crippen molar-refractivity contribution in [2.75, 3.05) is 13.2 Å². The Morgan fingerprint density at radius 1 is 1.43 bits per heavy atom. The van der Waals surface area contributed by atoms with Crippen LogP contribution in [0.25, 0.3) is 0 Å². The Hall–Kier alpha value is -1.27. The van der Waals surface area contributed by atoms with E-state index >= 15 is 0 Å². The highest BCUT2D eigenvalue weighted by atomic mass is 79.9. The second-order valence-corrected chi connectivity index (χ2v) is 6.12. The lowest BCUT2D eigenvalue weighted by atomic mass is 10.0. The summed E-state index contributed by atoms with van der Waals surface area (Å²) >= 11 is 9.29. The molecule has 1 atom stereocenters. The third kappa shape index (κ3) is 4.11. The predicted molar refractivity (Wildman–Crippen MR) is 81.6 cm³/mol. The molecule has 1 aromatic carbocycles. The number of carbonyl (C=O) groups is 2. The maximum Gasteiger partial charge on any atom is 0.326 e. The highest BCUT2D eigenvalue weighted by Crippen LogP contribution is 2.28. The second-order valence-electron chi connectivity index (χ2n) is 4.80. The van der Waals surface area contributed by atoms with Crippen molar-refractivity contribution in [3.63, 3.8) is 0 Å². The van der Waals surface area contributed by atoms with Gasteiger partial charge in [-0.1, -0.05) is 27.5 Å². The van der Waals surface area contributed by atoms with E-state index in [2.05, 4.69) is 15.9 Å². The molecule has 0 saturated carbocycles. The molecule has 0 aliphatic carbocycles. The van der Waals surface area contributed by atoms with E-state index in [0.29, 0.717) is 23.7 Å². The van der Waals surface area contributed by atoms with E-state index in [1.807, 2.05) is 0 Å². The minimum Gasteiger partial charge on any atom is -0.482 e. The number of aliphatic carboxylic acids is 1. The van der Waals surface area contributed by atoms with Gasteiger partial charge in [0.15, 0.2) is 6.61 Å². The van der Waals surface area contributed by atoms with Crippen LogP contribution in [0.5, 0.6) is 5.75 Å². The number of hydrogen-bond donors (Lipinski definition) is 1. The number of rotatable bonds is 4. The number of carboxylic acid groups (broad SMARTS) is 1. The fourth-order valence-electron chi connectivity index (χ4n) is 2.30. The first-order valence-corrected chi connectivity index (χ1v) is 7.76. The molecule has 1 saturated heterocycles. The molecule has 0 unspecified atom stereocenters. The van der Waals surface area contributed by atoms with Crippen LogP contribution in [0.2, 0.25) is 5.02 Å². The van der Waals surface area contributed by atoms with Crippen LogP contribution in [0.3, 0.4) is 0 Å². The number of halogens is 2. The predicted octanol–water partition coefficient (Wildman–Crippen LogP) is 2.95. The third-order valence-corrected chi connectivity index (χ3v) is 4.14. The summed E-state index contributed by atoms with van der Waals surface area (Å²) in [6, 6.07) is 4.33. The normalized spacial score (nSPS) is 18.4. The van der Waals surface area contributed by atoms with E-state index in [9.17, 15) is 9.59 Å². The zero-order valence-electron chi connectivity index (χ0n) is 11.2. The molecule has 1 fully saturated rings. The van der Waals surface area contributed by atoms with Crippen molar-refractivity contribution in [1.29, 1.82) is 0 Å². The highest BCUT2D eigenvalue weighted by molar-refractivity contribution is 9.10. The van der Waals surface area contributed by atoms with Crippen molar-refractivity contribution in [3.05, 3.63) is 27.7 Å². The summed E-state index contributed by atoms with van der Waals surface area (Å²) in [5, 5.41) is 9.55. The first-order chi connectivity index (χ1) is 9.99. The van der Waals surface area contributed by atoms with Crippen molar-refractivity contribution < 1.29 is 19.4 Å². The van der Waals surface area contributed by atoms with Crippen LogP contribution in [0.15, 0.2) is 22.7 Å². The minimum atomic E-state index is -0.968. The molecule has 21 heavy (non-hydrogen) atoms. The lowest BCUT2D eigenvalue weighted by Gasteiger charge is -2.32. The maximum absolute atomic E-state index is 12.1. The summed E-state index contributed by atoms with van der Waals surface area (Å²) in [4.78, 5) is 24.7. The van der Waals surface area contributed by atoms with E-state index in [-0.39, 0.29) is 12.5 Å². The van der Waals surface area contributed by atoms with Gasteiger partial charge in [0.05, 0.1) is 5.02 Å². The second kappa shape index (κ2) is 7.13. The Labute approximate surface area is 136 Å². The number of nitrogens with zero attached hydrogens (tertiary/aromatic N) is 1. The molecule has 1 aliphatic heterocycles. The largest absolute Gasteiger partial charge is 0.482 e. The minimum absolute atomic E-state index is 0.217. The lowest BCUT2D eigenvalue weighted by molar-refractivity contribution is -0.152. The molecule has 5 nitrogen and oxygen atoms in total. The number of ether oxygens (including phenoxy) is 1. The average molecular weight is 377 g/mol. The number of carboxylic acids is 1. The summed E-state index contributed by atoms with van der Waals surface area (Å²) in [5.74, 6) is -0.900. The van der Waals surface area contributed by atoms with Crippen LogP contribution in [0, 0.1) is 0 Å². The lowest BCUT2D eigenvalue weighted by Crippen LogP contribution is -2.49. The SMILES string of the molecule is O=C(O)[C@@H]1CCCCN1C(=O)COc1ccc(Br)cc1Cl. The van der Waals surface area contributed by atoms with Gasteiger partial charge in [-0.25, -0.2) is 4.79 Å². The molecule has 1 amide bonds. The van der Waals surface area contributed by atoms with E-state index in [1.165, 1.54) is 4.90 Å². The van der Waals surface area contributed by atoms with Gasteiger partial charge in [0.2, 0.25) is 0 Å². The van der Waals surface area contributed by atoms with Crippen LogP contribution >= 0.6 is 27.5 Å². The van der Waals surface area contributed by atoms with Gasteiger partial charge in [0.25, 0.3) is 5.91 Å². The summed E-state index contributed by atoms with van der Waals surface area (Å²) in [6.45, 7) is 0.234. The van der Waals surface area contributed by atoms with Crippen LogP contribution in [-0.4, -0.2) is 41.1 Å². The summed E-state index contributed by atoms with van der Waals surface area (Å²) in [7, 11) is 0. The van der Waals surface area contributed by atoms with Gasteiger partial charge in [-0.2, -0.15) is 0 Å². The average Bonchev–Trinajstić information content (AvgIpc) is 2.46. The third-order valence-electron chi connectivity index (χ3n) is 3.35. The van der Waals surface area contributed by atoms with Crippen LogP contribution in [-0.2, 0) is 9.59 Å². The molecule has 114 valence electrons. The molecule has 1 aromatic rings. The Bertz CT molecular complexity index is 552. The van der Waals surface area contributed by atoms with Gasteiger partial charge < -0.3 is 14.7 Å². The van der Waals surface area contributed by atoms with E-state index in [4.69, 9.17) is 21.4 Å². The molecule has 7 heteroatoms. The molecule has 0 spiro atoms. The molecule has 1 heterocycles. The first kappa shape index (κ1) is 16.1. The number of piperidine rings is 1. The molecular weight excluding hydrogens is 362 g/mol. The Morgan fingerprint density at radius 3 is 2.86 bits per heavy atom. The zero-order chi connectivity index (χ0) is 15.4. The topological polar surface area (TPSA) is 66.8 Å². The Kier molecular flexibility index (Phi) is 5.47. The van der Waals surface area contributed by atoms with Crippen molar-refractivity contribution >= 4 is 39.4 Å². The van der Waals surface area contributed by atoms with Crippen molar-refractivity contribution in [1.82, 2.24) is 4.90 Å². The maximum atomic E-state index is 12.1. The van der Waals surface area contributed by atoms with Crippen molar-refractivity contribution in [3.8, 4) is 5.75 Å². The summed E-state index contributed by atoms with van der Waals surface area (Å²) < 4.78 is 6.21. The number of likely N-dealkylation sites (tertiary alicyclic amines) is 1. The molecular formula is C14H15BrClNO4. The van der Waals surface area contributed by atoms with Gasteiger partial charge in [0, 0.05) is 11.0 Å². The molecule has 0 aromatic heterocycles. The fourth-order valence-corrected chi connectivity index (χ4v) is 3.03. The van der Waals surface area contributed by atoms with Gasteiger partial charge >= 0.3 is 5.97 Å². The number of amides is 1. The number of hydrogen-bond acceptors (Lipinski definition) is 3. The summed E-state index contributed by atoms with van der Waals surface area (Å²) in [6.07, 6.45) is 2.12. The van der Waals surface area contributed by atoms with Gasteiger partial charge in [0.1, 0.15) is 11.8 Å². The molecule has 1 aliphatic rings. The first-order valence-electron chi connectivity index (χ1n) is 6.59. The van der Waals surface area contributed by atoms with Crippen molar-refractivity contribution in [2.45, 2.75) is 25.3 Å². The van der Waals surface area contributed by atoms with E-state index in [1.54, 1.807) is 18.2 Å². The van der Waals surface area contributed by atoms with Gasteiger partial charge in [-0.15, -0.1) is 0 Å². The molecule has 0 bridgehead atoms. The molecule has 2 rings (SSSR count). The Morgan fingerprint density at radius 2 is 2.19 bits per heavy atom. The van der Waals surface area contributed by atoms with Gasteiger partial charge in [-0.05, 0) is 37.5 Å². The standard InChI is InChI=1S/C14H15BrClNO4/c15-9-4-5-12(10(16)7-9)21-8-13(18)17-6-2-1-3-11(17)14(19)20/h4-5,7,11H,1-3,6,8H2,(H,19,20)/t11-/m0/s1. The van der Waals surface area contributed by atoms with E-state index in [0.717, 1.165) is 17.3 Å². The smallest absolute Gasteiger partial charge is 0.326 e. The van der Waals surface area contributed by atoms with Crippen LogP contribution < -0.4 is 4.74 Å².